The average molecular weight is 397 g/mol. The Kier molecular flexibility index (Phi) is 6.86. The number of nitrogens with zero attached hydrogens (tertiary/aromatic N) is 1. The number of hydrogen-bond acceptors (Lipinski definition) is 6. The van der Waals surface area contributed by atoms with E-state index in [2.05, 4.69) is 0 Å². The molecule has 7 nitrogen and oxygen atoms in total. The summed E-state index contributed by atoms with van der Waals surface area (Å²) in [4.78, 5) is 27.0. The molecule has 1 amide bonds. The monoisotopic (exact) mass is 397 g/mol. The fourth-order valence-electron chi connectivity index (χ4n) is 2.96. The number of rotatable bonds is 6. The van der Waals surface area contributed by atoms with Gasteiger partial charge in [-0.2, -0.15) is 0 Å². The number of esters is 1. The summed E-state index contributed by atoms with van der Waals surface area (Å²) in [6.07, 6.45) is 1.75. The molecule has 29 heavy (non-hydrogen) atoms. The van der Waals surface area contributed by atoms with Crippen LogP contribution in [0.2, 0.25) is 0 Å². The molecule has 1 saturated heterocycles. The summed E-state index contributed by atoms with van der Waals surface area (Å²) < 4.78 is 15.9. The number of aromatic hydroxyl groups is 1. The van der Waals surface area contributed by atoms with Crippen LogP contribution in [0.3, 0.4) is 0 Å². The molecule has 7 heteroatoms. The second kappa shape index (κ2) is 9.75. The molecule has 0 aromatic heterocycles. The molecular weight excluding hydrogens is 374 g/mol. The van der Waals surface area contributed by atoms with E-state index >= 15 is 0 Å². The van der Waals surface area contributed by atoms with E-state index in [-0.39, 0.29) is 11.7 Å². The topological polar surface area (TPSA) is 85.3 Å². The molecule has 2 aromatic carbocycles. The van der Waals surface area contributed by atoms with Crippen molar-refractivity contribution in [2.75, 3.05) is 33.4 Å². The summed E-state index contributed by atoms with van der Waals surface area (Å²) >= 11 is 0. The number of hydrogen-bond donors (Lipinski definition) is 1. The second-order valence-corrected chi connectivity index (χ2v) is 6.43. The highest BCUT2D eigenvalue weighted by molar-refractivity contribution is 5.91. The van der Waals surface area contributed by atoms with Crippen LogP contribution in [0.4, 0.5) is 0 Å². The Morgan fingerprint density at radius 1 is 1.14 bits per heavy atom. The standard InChI is InChI=1S/C22H23NO6/c1-27-19-15-16(7-9-18(19)24)8-10-20(25)29-21(17-5-3-2-4-6-17)22(26)23-11-13-28-14-12-23/h2-10,15,21,24H,11-14H2,1H3/b10-8+/t21-/m0/s1. The molecule has 1 heterocycles. The van der Waals surface area contributed by atoms with Crippen LogP contribution in [-0.4, -0.2) is 55.3 Å². The van der Waals surface area contributed by atoms with Crippen molar-refractivity contribution in [3.8, 4) is 11.5 Å². The van der Waals surface area contributed by atoms with Crippen LogP contribution in [0, 0.1) is 0 Å². The maximum Gasteiger partial charge on any atom is 0.331 e. The van der Waals surface area contributed by atoms with Crippen molar-refractivity contribution in [3.05, 3.63) is 65.7 Å². The molecule has 0 unspecified atom stereocenters. The summed E-state index contributed by atoms with van der Waals surface area (Å²) in [6.45, 7) is 1.85. The number of benzene rings is 2. The normalized spacial score (nSPS) is 15.1. The minimum absolute atomic E-state index is 0.00692. The van der Waals surface area contributed by atoms with Gasteiger partial charge in [0.05, 0.1) is 20.3 Å². The highest BCUT2D eigenvalue weighted by Crippen LogP contribution is 2.27. The van der Waals surface area contributed by atoms with Gasteiger partial charge in [-0.15, -0.1) is 0 Å². The van der Waals surface area contributed by atoms with Crippen LogP contribution < -0.4 is 4.74 Å². The van der Waals surface area contributed by atoms with Gasteiger partial charge < -0.3 is 24.2 Å². The molecule has 1 fully saturated rings. The largest absolute Gasteiger partial charge is 0.504 e. The molecule has 1 aliphatic heterocycles. The highest BCUT2D eigenvalue weighted by atomic mass is 16.5. The van der Waals surface area contributed by atoms with E-state index in [1.807, 2.05) is 6.07 Å². The van der Waals surface area contributed by atoms with Gasteiger partial charge in [-0.25, -0.2) is 4.79 Å². The third-order valence-electron chi connectivity index (χ3n) is 4.50. The maximum atomic E-state index is 13.0. The Balaban J connectivity index is 1.74. The van der Waals surface area contributed by atoms with Crippen LogP contribution in [-0.2, 0) is 19.1 Å². The van der Waals surface area contributed by atoms with Crippen LogP contribution >= 0.6 is 0 Å². The fourth-order valence-corrected chi connectivity index (χ4v) is 2.96. The smallest absolute Gasteiger partial charge is 0.331 e. The van der Waals surface area contributed by atoms with E-state index in [0.29, 0.717) is 43.2 Å². The Labute approximate surface area is 169 Å². The number of ether oxygens (including phenoxy) is 3. The van der Waals surface area contributed by atoms with Crippen molar-refractivity contribution in [2.24, 2.45) is 0 Å². The Bertz CT molecular complexity index is 874. The first-order valence-corrected chi connectivity index (χ1v) is 9.25. The maximum absolute atomic E-state index is 13.0. The van der Waals surface area contributed by atoms with Crippen LogP contribution in [0.5, 0.6) is 11.5 Å². The summed E-state index contributed by atoms with van der Waals surface area (Å²) in [5.74, 6) is -0.613. The molecule has 0 spiro atoms. The first-order chi connectivity index (χ1) is 14.1. The van der Waals surface area contributed by atoms with Crippen molar-refractivity contribution in [1.82, 2.24) is 4.90 Å². The quantitative estimate of drug-likeness (QED) is 0.596. The lowest BCUT2D eigenvalue weighted by molar-refractivity contribution is -0.159. The SMILES string of the molecule is COc1cc(/C=C/C(=O)O[C@H](C(=O)N2CCOCC2)c2ccccc2)ccc1O. The summed E-state index contributed by atoms with van der Waals surface area (Å²) in [5, 5.41) is 9.65. The van der Waals surface area contributed by atoms with Crippen molar-refractivity contribution in [1.29, 1.82) is 0 Å². The molecule has 1 N–H and O–H groups in total. The third kappa shape index (κ3) is 5.36. The predicted octanol–water partition coefficient (Wildman–Crippen LogP) is 2.56. The first kappa shape index (κ1) is 20.4. The zero-order chi connectivity index (χ0) is 20.6. The summed E-state index contributed by atoms with van der Waals surface area (Å²) in [5.41, 5.74) is 1.25. The number of carbonyl (C=O) groups is 2. The molecule has 0 saturated carbocycles. The average Bonchev–Trinajstić information content (AvgIpc) is 2.77. The van der Waals surface area contributed by atoms with E-state index in [1.165, 1.54) is 25.3 Å². The van der Waals surface area contributed by atoms with Gasteiger partial charge in [-0.05, 0) is 23.8 Å². The predicted molar refractivity (Wildman–Crippen MR) is 106 cm³/mol. The summed E-state index contributed by atoms with van der Waals surface area (Å²) in [6, 6.07) is 13.6. The highest BCUT2D eigenvalue weighted by Gasteiger charge is 2.29. The van der Waals surface area contributed by atoms with E-state index in [0.717, 1.165) is 0 Å². The molecule has 0 aliphatic carbocycles. The second-order valence-electron chi connectivity index (χ2n) is 6.43. The Morgan fingerprint density at radius 2 is 1.86 bits per heavy atom. The third-order valence-corrected chi connectivity index (χ3v) is 4.50. The van der Waals surface area contributed by atoms with Gasteiger partial charge in [0.25, 0.3) is 5.91 Å². The molecule has 1 atom stereocenters. The fraction of sp³-hybridized carbons (Fsp3) is 0.273. The van der Waals surface area contributed by atoms with Gasteiger partial charge in [-0.1, -0.05) is 36.4 Å². The van der Waals surface area contributed by atoms with Gasteiger partial charge in [-0.3, -0.25) is 4.79 Å². The van der Waals surface area contributed by atoms with Gasteiger partial charge >= 0.3 is 5.97 Å². The molecule has 0 radical (unpaired) electrons. The lowest BCUT2D eigenvalue weighted by atomic mass is 10.1. The zero-order valence-corrected chi connectivity index (χ0v) is 16.1. The number of phenolic OH excluding ortho intramolecular Hbond substituents is 1. The lowest BCUT2D eigenvalue weighted by Crippen LogP contribution is -2.44. The minimum atomic E-state index is -1.03. The summed E-state index contributed by atoms with van der Waals surface area (Å²) in [7, 11) is 1.44. The van der Waals surface area contributed by atoms with Crippen molar-refractivity contribution in [2.45, 2.75) is 6.10 Å². The van der Waals surface area contributed by atoms with E-state index < -0.39 is 12.1 Å². The van der Waals surface area contributed by atoms with Crippen LogP contribution in [0.1, 0.15) is 17.2 Å². The van der Waals surface area contributed by atoms with E-state index in [4.69, 9.17) is 14.2 Å². The van der Waals surface area contributed by atoms with Crippen molar-refractivity contribution in [3.63, 3.8) is 0 Å². The number of morpholine rings is 1. The zero-order valence-electron chi connectivity index (χ0n) is 16.1. The number of phenols is 1. The number of carbonyl (C=O) groups excluding carboxylic acids is 2. The van der Waals surface area contributed by atoms with E-state index in [1.54, 1.807) is 41.3 Å². The van der Waals surface area contributed by atoms with Crippen molar-refractivity contribution >= 4 is 18.0 Å². The van der Waals surface area contributed by atoms with Crippen LogP contribution in [0.25, 0.3) is 6.08 Å². The molecule has 2 aromatic rings. The van der Waals surface area contributed by atoms with Crippen LogP contribution in [0.15, 0.2) is 54.6 Å². The Morgan fingerprint density at radius 3 is 2.55 bits per heavy atom. The molecule has 0 bridgehead atoms. The van der Waals surface area contributed by atoms with Gasteiger partial charge in [0.1, 0.15) is 0 Å². The molecule has 152 valence electrons. The van der Waals surface area contributed by atoms with E-state index in [9.17, 15) is 14.7 Å². The number of methoxy groups -OCH3 is 1. The molecular formula is C22H23NO6. The first-order valence-electron chi connectivity index (χ1n) is 9.25. The van der Waals surface area contributed by atoms with Gasteiger partial charge in [0, 0.05) is 24.7 Å². The lowest BCUT2D eigenvalue weighted by Gasteiger charge is -2.30. The molecule has 1 aliphatic rings. The molecule has 3 rings (SSSR count). The Hall–Kier alpha value is -3.32. The van der Waals surface area contributed by atoms with Gasteiger partial charge in [0.2, 0.25) is 6.10 Å². The minimum Gasteiger partial charge on any atom is -0.504 e. The van der Waals surface area contributed by atoms with Crippen molar-refractivity contribution < 1.29 is 28.9 Å². The van der Waals surface area contributed by atoms with Gasteiger partial charge in [0.15, 0.2) is 11.5 Å². The number of amides is 1.